The number of nitrogens with zero attached hydrogens (tertiary/aromatic N) is 2. The Labute approximate surface area is 121 Å². The molecule has 0 aliphatic carbocycles. The summed E-state index contributed by atoms with van der Waals surface area (Å²) in [4.78, 5) is 17.0. The number of anilines is 1. The molecule has 1 aromatic rings. The van der Waals surface area contributed by atoms with E-state index in [0.717, 1.165) is 42.7 Å². The summed E-state index contributed by atoms with van der Waals surface area (Å²) >= 11 is 0. The van der Waals surface area contributed by atoms with E-state index < -0.39 is 0 Å². The summed E-state index contributed by atoms with van der Waals surface area (Å²) < 4.78 is 0. The van der Waals surface area contributed by atoms with Crippen LogP contribution in [0.3, 0.4) is 0 Å². The Hall–Kier alpha value is -1.55. The molecule has 4 nitrogen and oxygen atoms in total. The molecule has 0 radical (unpaired) electrons. The Bertz CT molecular complexity index is 485. The fourth-order valence-electron chi connectivity index (χ4n) is 2.92. The molecule has 1 saturated heterocycles. The second-order valence-electron chi connectivity index (χ2n) is 5.86. The lowest BCUT2D eigenvalue weighted by Crippen LogP contribution is -2.41. The summed E-state index contributed by atoms with van der Waals surface area (Å²) in [5.74, 6) is 0.152. The van der Waals surface area contributed by atoms with Crippen molar-refractivity contribution in [2.75, 3.05) is 39.5 Å². The number of carbonyl (C=O) groups is 1. The van der Waals surface area contributed by atoms with Gasteiger partial charge in [0.15, 0.2) is 0 Å². The molecule has 1 unspecified atom stereocenters. The molecular formula is C16H25N3O. The predicted octanol–water partition coefficient (Wildman–Crippen LogP) is 2.20. The van der Waals surface area contributed by atoms with Crippen LogP contribution in [0.1, 0.15) is 28.8 Å². The quantitative estimate of drug-likeness (QED) is 0.915. The van der Waals surface area contributed by atoms with E-state index in [9.17, 15) is 4.79 Å². The predicted molar refractivity (Wildman–Crippen MR) is 83.3 cm³/mol. The third kappa shape index (κ3) is 3.12. The Balaban J connectivity index is 2.22. The first-order valence-electron chi connectivity index (χ1n) is 7.27. The van der Waals surface area contributed by atoms with Crippen LogP contribution < -0.4 is 5.32 Å². The fourth-order valence-corrected chi connectivity index (χ4v) is 2.92. The molecule has 1 N–H and O–H groups in total. The molecule has 4 heteroatoms. The molecule has 0 aromatic heterocycles. The van der Waals surface area contributed by atoms with Gasteiger partial charge in [0.05, 0.1) is 5.56 Å². The Kier molecular flexibility index (Phi) is 4.65. The van der Waals surface area contributed by atoms with Crippen molar-refractivity contribution in [2.24, 2.45) is 0 Å². The molecule has 1 aliphatic heterocycles. The first-order valence-corrected chi connectivity index (χ1v) is 7.27. The third-order valence-electron chi connectivity index (χ3n) is 3.89. The summed E-state index contributed by atoms with van der Waals surface area (Å²) in [6, 6.07) is 6.31. The molecule has 1 aromatic carbocycles. The largest absolute Gasteiger partial charge is 0.387 e. The second-order valence-corrected chi connectivity index (χ2v) is 5.86. The van der Waals surface area contributed by atoms with Gasteiger partial charge in [-0.25, -0.2) is 0 Å². The number of likely N-dealkylation sites (N-methyl/N-ethyl adjacent to an activating group) is 1. The van der Waals surface area contributed by atoms with E-state index in [1.54, 1.807) is 0 Å². The molecule has 0 bridgehead atoms. The summed E-state index contributed by atoms with van der Waals surface area (Å²) in [7, 11) is 5.99. The highest BCUT2D eigenvalue weighted by Crippen LogP contribution is 2.24. The van der Waals surface area contributed by atoms with Gasteiger partial charge in [0.1, 0.15) is 0 Å². The number of carbonyl (C=O) groups excluding carboxylic acids is 1. The summed E-state index contributed by atoms with van der Waals surface area (Å²) in [6.45, 7) is 3.85. The van der Waals surface area contributed by atoms with Crippen LogP contribution in [0.15, 0.2) is 18.2 Å². The molecule has 20 heavy (non-hydrogen) atoms. The monoisotopic (exact) mass is 275 g/mol. The van der Waals surface area contributed by atoms with Crippen LogP contribution in [0.25, 0.3) is 0 Å². The molecule has 1 atom stereocenters. The minimum Gasteiger partial charge on any atom is -0.387 e. The summed E-state index contributed by atoms with van der Waals surface area (Å²) in [5.41, 5.74) is 2.87. The molecule has 110 valence electrons. The van der Waals surface area contributed by atoms with Gasteiger partial charge in [0.25, 0.3) is 5.91 Å². The van der Waals surface area contributed by atoms with Gasteiger partial charge in [0.2, 0.25) is 0 Å². The van der Waals surface area contributed by atoms with Gasteiger partial charge >= 0.3 is 0 Å². The van der Waals surface area contributed by atoms with Crippen molar-refractivity contribution in [1.82, 2.24) is 9.80 Å². The van der Waals surface area contributed by atoms with E-state index in [2.05, 4.69) is 24.3 Å². The van der Waals surface area contributed by atoms with Crippen molar-refractivity contribution < 1.29 is 4.79 Å². The van der Waals surface area contributed by atoms with E-state index in [1.165, 1.54) is 0 Å². The first-order chi connectivity index (χ1) is 9.52. The molecule has 1 fully saturated rings. The zero-order valence-electron chi connectivity index (χ0n) is 12.9. The van der Waals surface area contributed by atoms with Crippen LogP contribution in [-0.4, -0.2) is 56.0 Å². The third-order valence-corrected chi connectivity index (χ3v) is 3.89. The number of benzene rings is 1. The number of hydrogen-bond donors (Lipinski definition) is 1. The molecule has 1 amide bonds. The molecular weight excluding hydrogens is 250 g/mol. The second kappa shape index (κ2) is 6.27. The smallest absolute Gasteiger partial charge is 0.256 e. The van der Waals surface area contributed by atoms with Crippen LogP contribution in [0.4, 0.5) is 5.69 Å². The van der Waals surface area contributed by atoms with Crippen molar-refractivity contribution in [3.63, 3.8) is 0 Å². The van der Waals surface area contributed by atoms with Gasteiger partial charge in [-0.15, -0.1) is 0 Å². The normalized spacial score (nSPS) is 18.6. The van der Waals surface area contributed by atoms with Crippen molar-refractivity contribution in [1.29, 1.82) is 0 Å². The molecule has 1 heterocycles. The van der Waals surface area contributed by atoms with E-state index >= 15 is 0 Å². The average molecular weight is 275 g/mol. The van der Waals surface area contributed by atoms with E-state index in [4.69, 9.17) is 0 Å². The van der Waals surface area contributed by atoms with Crippen LogP contribution in [-0.2, 0) is 0 Å². The number of nitrogens with one attached hydrogen (secondary N) is 1. The number of aryl methyl sites for hydroxylation is 1. The van der Waals surface area contributed by atoms with Crippen molar-refractivity contribution in [3.05, 3.63) is 29.3 Å². The lowest BCUT2D eigenvalue weighted by Gasteiger charge is -2.28. The van der Waals surface area contributed by atoms with Gasteiger partial charge < -0.3 is 15.1 Å². The van der Waals surface area contributed by atoms with Crippen LogP contribution in [0, 0.1) is 6.92 Å². The van der Waals surface area contributed by atoms with Crippen LogP contribution in [0.2, 0.25) is 0 Å². The summed E-state index contributed by atoms with van der Waals surface area (Å²) in [6.07, 6.45) is 2.20. The van der Waals surface area contributed by atoms with Crippen LogP contribution >= 0.6 is 0 Å². The lowest BCUT2D eigenvalue weighted by atomic mass is 10.1. The maximum atomic E-state index is 12.8. The average Bonchev–Trinajstić information content (AvgIpc) is 2.85. The van der Waals surface area contributed by atoms with Gasteiger partial charge in [-0.2, -0.15) is 0 Å². The van der Waals surface area contributed by atoms with Gasteiger partial charge in [-0.3, -0.25) is 4.79 Å². The summed E-state index contributed by atoms with van der Waals surface area (Å²) in [5, 5.41) is 3.14. The molecule has 0 saturated carbocycles. The van der Waals surface area contributed by atoms with E-state index in [0.29, 0.717) is 6.04 Å². The van der Waals surface area contributed by atoms with E-state index in [-0.39, 0.29) is 5.91 Å². The van der Waals surface area contributed by atoms with Gasteiger partial charge in [0, 0.05) is 31.9 Å². The standard InChI is InChI=1S/C16H25N3O/c1-12-7-8-14(15(10-12)17-2)16(20)19-9-5-6-13(19)11-18(3)4/h7-8,10,13,17H,5-6,9,11H2,1-4H3. The molecule has 1 aliphatic rings. The molecule has 2 rings (SSSR count). The Morgan fingerprint density at radius 2 is 2.20 bits per heavy atom. The zero-order valence-corrected chi connectivity index (χ0v) is 12.9. The minimum atomic E-state index is 0.152. The maximum Gasteiger partial charge on any atom is 0.256 e. The van der Waals surface area contributed by atoms with Crippen molar-refractivity contribution >= 4 is 11.6 Å². The zero-order chi connectivity index (χ0) is 14.7. The number of rotatable bonds is 4. The Morgan fingerprint density at radius 3 is 2.85 bits per heavy atom. The van der Waals surface area contributed by atoms with Crippen LogP contribution in [0.5, 0.6) is 0 Å². The number of likely N-dealkylation sites (tertiary alicyclic amines) is 1. The van der Waals surface area contributed by atoms with Gasteiger partial charge in [-0.1, -0.05) is 6.07 Å². The number of amides is 1. The maximum absolute atomic E-state index is 12.8. The SMILES string of the molecule is CNc1cc(C)ccc1C(=O)N1CCCC1CN(C)C. The topological polar surface area (TPSA) is 35.6 Å². The number of hydrogen-bond acceptors (Lipinski definition) is 3. The van der Waals surface area contributed by atoms with E-state index in [1.807, 2.05) is 37.1 Å². The van der Waals surface area contributed by atoms with Gasteiger partial charge in [-0.05, 0) is 51.6 Å². The lowest BCUT2D eigenvalue weighted by molar-refractivity contribution is 0.0717. The highest BCUT2D eigenvalue weighted by molar-refractivity contribution is 6.00. The van der Waals surface area contributed by atoms with Crippen molar-refractivity contribution in [2.45, 2.75) is 25.8 Å². The first kappa shape index (κ1) is 14.9. The fraction of sp³-hybridized carbons (Fsp3) is 0.562. The van der Waals surface area contributed by atoms with Crippen molar-refractivity contribution in [3.8, 4) is 0 Å². The highest BCUT2D eigenvalue weighted by Gasteiger charge is 2.30. The molecule has 0 spiro atoms. The minimum absolute atomic E-state index is 0.152. The highest BCUT2D eigenvalue weighted by atomic mass is 16.2. The Morgan fingerprint density at radius 1 is 1.45 bits per heavy atom.